The summed E-state index contributed by atoms with van der Waals surface area (Å²) < 4.78 is 5.23. The van der Waals surface area contributed by atoms with Gasteiger partial charge in [-0.1, -0.05) is 24.9 Å². The second-order valence-corrected chi connectivity index (χ2v) is 3.31. The van der Waals surface area contributed by atoms with Crippen LogP contribution in [-0.2, 0) is 0 Å². The first kappa shape index (κ1) is 11.7. The second-order valence-electron chi connectivity index (χ2n) is 2.90. The normalized spacial score (nSPS) is 10.0. The van der Waals surface area contributed by atoms with E-state index in [2.05, 4.69) is 4.98 Å². The molecule has 0 radical (unpaired) electrons. The Morgan fingerprint density at radius 1 is 1.67 bits per heavy atom. The van der Waals surface area contributed by atoms with E-state index < -0.39 is 4.92 Å². The summed E-state index contributed by atoms with van der Waals surface area (Å²) in [5.74, 6) is -0.281. The van der Waals surface area contributed by atoms with Gasteiger partial charge < -0.3 is 14.9 Å². The molecule has 0 aliphatic rings. The number of pyridine rings is 1. The van der Waals surface area contributed by atoms with Gasteiger partial charge in [0.2, 0.25) is 5.75 Å². The Bertz CT molecular complexity index is 357. The standard InChI is InChI=1S/C9H11ClN2O3/c1-2-3-6-15-8-7(10)4-5-11-9(8)12(13)14/h4-5H,2-3,6H2,1H3. The quantitative estimate of drug-likeness (QED) is 0.443. The average Bonchev–Trinajstić information content (AvgIpc) is 2.20. The molecule has 0 bridgehead atoms. The molecule has 0 unspecified atom stereocenters. The van der Waals surface area contributed by atoms with Crippen LogP contribution in [-0.4, -0.2) is 16.5 Å². The highest BCUT2D eigenvalue weighted by molar-refractivity contribution is 6.32. The molecule has 0 N–H and O–H groups in total. The fourth-order valence-corrected chi connectivity index (χ4v) is 1.19. The van der Waals surface area contributed by atoms with Crippen LogP contribution in [0.1, 0.15) is 19.8 Å². The lowest BCUT2D eigenvalue weighted by Crippen LogP contribution is -2.02. The monoisotopic (exact) mass is 230 g/mol. The minimum atomic E-state index is -0.604. The number of rotatable bonds is 5. The van der Waals surface area contributed by atoms with Crippen molar-refractivity contribution in [3.63, 3.8) is 0 Å². The number of halogens is 1. The van der Waals surface area contributed by atoms with E-state index in [0.717, 1.165) is 12.8 Å². The molecule has 0 saturated heterocycles. The largest absolute Gasteiger partial charge is 0.485 e. The minimum absolute atomic E-state index is 0.0533. The first-order chi connectivity index (χ1) is 7.16. The van der Waals surface area contributed by atoms with Gasteiger partial charge in [-0.05, 0) is 16.3 Å². The Morgan fingerprint density at radius 3 is 3.00 bits per heavy atom. The molecule has 1 aromatic rings. The first-order valence-electron chi connectivity index (χ1n) is 4.58. The van der Waals surface area contributed by atoms with E-state index >= 15 is 0 Å². The van der Waals surface area contributed by atoms with Gasteiger partial charge in [-0.25, -0.2) is 0 Å². The fourth-order valence-electron chi connectivity index (χ4n) is 0.997. The smallest absolute Gasteiger partial charge is 0.407 e. The molecule has 1 aromatic heterocycles. The summed E-state index contributed by atoms with van der Waals surface area (Å²) in [6.07, 6.45) is 3.06. The van der Waals surface area contributed by atoms with Crippen molar-refractivity contribution in [3.05, 3.63) is 27.4 Å². The maximum Gasteiger partial charge on any atom is 0.407 e. The lowest BCUT2D eigenvalue weighted by Gasteiger charge is -2.06. The van der Waals surface area contributed by atoms with Crippen molar-refractivity contribution in [1.29, 1.82) is 0 Å². The molecule has 82 valence electrons. The molecular weight excluding hydrogens is 220 g/mol. The summed E-state index contributed by atoms with van der Waals surface area (Å²) in [7, 11) is 0. The van der Waals surface area contributed by atoms with E-state index in [1.54, 1.807) is 0 Å². The van der Waals surface area contributed by atoms with E-state index in [9.17, 15) is 10.1 Å². The van der Waals surface area contributed by atoms with Crippen molar-refractivity contribution < 1.29 is 9.66 Å². The van der Waals surface area contributed by atoms with E-state index in [-0.39, 0.29) is 16.6 Å². The summed E-state index contributed by atoms with van der Waals surface area (Å²) >= 11 is 5.78. The molecule has 0 fully saturated rings. The Balaban J connectivity index is 2.87. The van der Waals surface area contributed by atoms with Crippen molar-refractivity contribution in [3.8, 4) is 5.75 Å². The SMILES string of the molecule is CCCCOc1c(Cl)ccnc1[N+](=O)[O-]. The average molecular weight is 231 g/mol. The summed E-state index contributed by atoms with van der Waals surface area (Å²) in [5, 5.41) is 10.8. The molecule has 0 aromatic carbocycles. The van der Waals surface area contributed by atoms with Crippen molar-refractivity contribution in [1.82, 2.24) is 4.98 Å². The zero-order chi connectivity index (χ0) is 11.3. The summed E-state index contributed by atoms with van der Waals surface area (Å²) in [4.78, 5) is 13.6. The van der Waals surface area contributed by atoms with Gasteiger partial charge >= 0.3 is 5.82 Å². The highest BCUT2D eigenvalue weighted by atomic mass is 35.5. The van der Waals surface area contributed by atoms with Crippen LogP contribution in [0.15, 0.2) is 12.3 Å². The predicted molar refractivity (Wildman–Crippen MR) is 56.3 cm³/mol. The van der Waals surface area contributed by atoms with Crippen LogP contribution in [0.2, 0.25) is 5.02 Å². The third-order valence-electron chi connectivity index (χ3n) is 1.75. The van der Waals surface area contributed by atoms with Crippen LogP contribution in [0.25, 0.3) is 0 Å². The van der Waals surface area contributed by atoms with Gasteiger partial charge in [0.05, 0.1) is 11.6 Å². The maximum atomic E-state index is 10.6. The fraction of sp³-hybridized carbons (Fsp3) is 0.444. The van der Waals surface area contributed by atoms with Crippen molar-refractivity contribution >= 4 is 17.4 Å². The Labute approximate surface area is 92.2 Å². The number of ether oxygens (including phenoxy) is 1. The Morgan fingerprint density at radius 2 is 2.40 bits per heavy atom. The molecule has 0 atom stereocenters. The second kappa shape index (κ2) is 5.50. The van der Waals surface area contributed by atoms with E-state index in [1.807, 2.05) is 6.92 Å². The molecule has 1 heterocycles. The third kappa shape index (κ3) is 3.06. The summed E-state index contributed by atoms with van der Waals surface area (Å²) in [5.41, 5.74) is 0. The lowest BCUT2D eigenvalue weighted by molar-refractivity contribution is -0.390. The Hall–Kier alpha value is -1.36. The first-order valence-corrected chi connectivity index (χ1v) is 4.96. The van der Waals surface area contributed by atoms with Gasteiger partial charge in [-0.3, -0.25) is 0 Å². The minimum Gasteiger partial charge on any atom is -0.485 e. The number of hydrogen-bond acceptors (Lipinski definition) is 4. The molecule has 0 spiro atoms. The molecule has 0 aliphatic carbocycles. The number of aromatic nitrogens is 1. The van der Waals surface area contributed by atoms with Crippen LogP contribution in [0.5, 0.6) is 5.75 Å². The summed E-state index contributed by atoms with van der Waals surface area (Å²) in [6, 6.07) is 1.47. The van der Waals surface area contributed by atoms with E-state index in [4.69, 9.17) is 16.3 Å². The molecule has 0 aliphatic heterocycles. The van der Waals surface area contributed by atoms with Gasteiger partial charge in [-0.2, -0.15) is 0 Å². The zero-order valence-corrected chi connectivity index (χ0v) is 9.03. The van der Waals surface area contributed by atoms with Crippen LogP contribution in [0, 0.1) is 10.1 Å². The number of hydrogen-bond donors (Lipinski definition) is 0. The van der Waals surface area contributed by atoms with Crippen molar-refractivity contribution in [2.45, 2.75) is 19.8 Å². The number of nitro groups is 1. The van der Waals surface area contributed by atoms with Crippen LogP contribution in [0.4, 0.5) is 5.82 Å². The lowest BCUT2D eigenvalue weighted by atomic mass is 10.3. The molecule has 5 nitrogen and oxygen atoms in total. The molecule has 15 heavy (non-hydrogen) atoms. The van der Waals surface area contributed by atoms with E-state index in [1.165, 1.54) is 12.3 Å². The highest BCUT2D eigenvalue weighted by Crippen LogP contribution is 2.32. The molecule has 0 amide bonds. The van der Waals surface area contributed by atoms with Crippen LogP contribution < -0.4 is 4.74 Å². The van der Waals surface area contributed by atoms with Gasteiger partial charge in [0, 0.05) is 6.07 Å². The molecule has 0 saturated carbocycles. The Kier molecular flexibility index (Phi) is 4.30. The van der Waals surface area contributed by atoms with Gasteiger partial charge in [-0.15, -0.1) is 0 Å². The number of nitrogens with zero attached hydrogens (tertiary/aromatic N) is 2. The summed E-state index contributed by atoms with van der Waals surface area (Å²) in [6.45, 7) is 2.41. The zero-order valence-electron chi connectivity index (χ0n) is 8.27. The third-order valence-corrected chi connectivity index (χ3v) is 2.05. The predicted octanol–water partition coefficient (Wildman–Crippen LogP) is 2.82. The molecule has 1 rings (SSSR count). The molecule has 6 heteroatoms. The van der Waals surface area contributed by atoms with Gasteiger partial charge in [0.1, 0.15) is 6.20 Å². The van der Waals surface area contributed by atoms with Crippen molar-refractivity contribution in [2.75, 3.05) is 6.61 Å². The topological polar surface area (TPSA) is 65.3 Å². The van der Waals surface area contributed by atoms with Gasteiger partial charge in [0.25, 0.3) is 0 Å². The highest BCUT2D eigenvalue weighted by Gasteiger charge is 2.19. The maximum absolute atomic E-state index is 10.6. The van der Waals surface area contributed by atoms with Crippen LogP contribution in [0.3, 0.4) is 0 Å². The number of unbranched alkanes of at least 4 members (excludes halogenated alkanes) is 1. The molecular formula is C9H11ClN2O3. The van der Waals surface area contributed by atoms with Crippen LogP contribution >= 0.6 is 11.6 Å². The van der Waals surface area contributed by atoms with Gasteiger partial charge in [0.15, 0.2) is 0 Å². The van der Waals surface area contributed by atoms with Crippen molar-refractivity contribution in [2.24, 2.45) is 0 Å². The van der Waals surface area contributed by atoms with E-state index in [0.29, 0.717) is 6.61 Å².